The molecule has 0 heterocycles. The van der Waals surface area contributed by atoms with Crippen molar-refractivity contribution in [3.63, 3.8) is 0 Å². The quantitative estimate of drug-likeness (QED) is 0.820. The predicted molar refractivity (Wildman–Crippen MR) is 71.6 cm³/mol. The molecular formula is C16H24F2O2. The molecule has 0 spiro atoms. The third kappa shape index (κ3) is 1.82. The first-order valence-electron chi connectivity index (χ1n) is 7.80. The van der Waals surface area contributed by atoms with E-state index in [9.17, 15) is 18.7 Å². The van der Waals surface area contributed by atoms with E-state index < -0.39 is 17.3 Å². The number of halogens is 2. The Kier molecular flexibility index (Phi) is 2.98. The lowest BCUT2D eigenvalue weighted by molar-refractivity contribution is -0.191. The SMILES string of the molecule is CC1(C)[C@H]2CCC(C3(C(=O)O)CCC(F)(F)CC3)[C@@H]1C2. The van der Waals surface area contributed by atoms with Crippen molar-refractivity contribution in [2.45, 2.75) is 64.7 Å². The molecule has 4 fully saturated rings. The van der Waals surface area contributed by atoms with Crippen LogP contribution in [-0.2, 0) is 4.79 Å². The first-order valence-corrected chi connectivity index (χ1v) is 7.80. The van der Waals surface area contributed by atoms with E-state index in [2.05, 4.69) is 13.8 Å². The molecule has 0 aromatic carbocycles. The van der Waals surface area contributed by atoms with Crippen molar-refractivity contribution in [2.75, 3.05) is 0 Å². The van der Waals surface area contributed by atoms with Gasteiger partial charge in [-0.25, -0.2) is 8.78 Å². The van der Waals surface area contributed by atoms with E-state index in [0.717, 1.165) is 19.3 Å². The van der Waals surface area contributed by atoms with Crippen molar-refractivity contribution in [3.05, 3.63) is 0 Å². The van der Waals surface area contributed by atoms with Gasteiger partial charge in [0, 0.05) is 12.8 Å². The predicted octanol–water partition coefficient (Wildman–Crippen LogP) is 4.34. The number of alkyl halides is 2. The molecule has 4 saturated carbocycles. The van der Waals surface area contributed by atoms with Gasteiger partial charge in [-0.15, -0.1) is 0 Å². The second-order valence-electron chi connectivity index (χ2n) is 7.86. The van der Waals surface area contributed by atoms with E-state index in [0.29, 0.717) is 11.8 Å². The summed E-state index contributed by atoms with van der Waals surface area (Å²) in [5, 5.41) is 9.77. The molecule has 1 N–H and O–H groups in total. The van der Waals surface area contributed by atoms with Crippen LogP contribution < -0.4 is 0 Å². The van der Waals surface area contributed by atoms with Crippen molar-refractivity contribution < 1.29 is 18.7 Å². The molecule has 4 aliphatic rings. The van der Waals surface area contributed by atoms with Crippen molar-refractivity contribution in [1.82, 2.24) is 0 Å². The number of carboxylic acids is 1. The number of hydrogen-bond donors (Lipinski definition) is 1. The highest BCUT2D eigenvalue weighted by molar-refractivity contribution is 5.75. The zero-order valence-electron chi connectivity index (χ0n) is 12.3. The molecule has 0 saturated heterocycles. The van der Waals surface area contributed by atoms with Crippen LogP contribution in [0.25, 0.3) is 0 Å². The van der Waals surface area contributed by atoms with E-state index in [4.69, 9.17) is 0 Å². The van der Waals surface area contributed by atoms with Crippen LogP contribution in [0.1, 0.15) is 58.8 Å². The van der Waals surface area contributed by atoms with Crippen molar-refractivity contribution in [1.29, 1.82) is 0 Å². The highest BCUT2D eigenvalue weighted by atomic mass is 19.3. The fourth-order valence-corrected chi connectivity index (χ4v) is 5.28. The molecule has 0 aromatic rings. The fourth-order valence-electron chi connectivity index (χ4n) is 5.28. The van der Waals surface area contributed by atoms with Gasteiger partial charge >= 0.3 is 5.97 Å². The summed E-state index contributed by atoms with van der Waals surface area (Å²) >= 11 is 0. The van der Waals surface area contributed by atoms with Gasteiger partial charge in [0.05, 0.1) is 5.41 Å². The van der Waals surface area contributed by atoms with E-state index in [1.54, 1.807) is 0 Å². The molecule has 0 amide bonds. The molecule has 2 nitrogen and oxygen atoms in total. The second-order valence-corrected chi connectivity index (χ2v) is 7.86. The Balaban J connectivity index is 1.87. The lowest BCUT2D eigenvalue weighted by atomic mass is 9.41. The third-order valence-electron chi connectivity index (χ3n) is 6.87. The van der Waals surface area contributed by atoms with Gasteiger partial charge in [-0.1, -0.05) is 13.8 Å². The van der Waals surface area contributed by atoms with Gasteiger partial charge in [-0.2, -0.15) is 0 Å². The normalized spacial score (nSPS) is 40.7. The largest absolute Gasteiger partial charge is 0.481 e. The third-order valence-corrected chi connectivity index (χ3v) is 6.87. The smallest absolute Gasteiger partial charge is 0.309 e. The molecule has 4 rings (SSSR count). The average Bonchev–Trinajstić information content (AvgIpc) is 2.38. The molecule has 0 aromatic heterocycles. The average molecular weight is 286 g/mol. The van der Waals surface area contributed by atoms with Crippen molar-refractivity contribution in [3.8, 4) is 0 Å². The summed E-state index contributed by atoms with van der Waals surface area (Å²) in [5.74, 6) is -2.29. The molecule has 2 bridgehead atoms. The van der Waals surface area contributed by atoms with Crippen LogP contribution in [0.5, 0.6) is 0 Å². The molecule has 0 radical (unpaired) electrons. The van der Waals surface area contributed by atoms with E-state index in [1.165, 1.54) is 0 Å². The second kappa shape index (κ2) is 4.17. The molecule has 114 valence electrons. The Morgan fingerprint density at radius 1 is 1.05 bits per heavy atom. The van der Waals surface area contributed by atoms with Crippen LogP contribution in [-0.4, -0.2) is 17.0 Å². The highest BCUT2D eigenvalue weighted by Crippen LogP contribution is 2.67. The Hall–Kier alpha value is -0.670. The minimum Gasteiger partial charge on any atom is -0.481 e. The molecular weight excluding hydrogens is 262 g/mol. The molecule has 3 atom stereocenters. The summed E-state index contributed by atoms with van der Waals surface area (Å²) in [4.78, 5) is 11.9. The van der Waals surface area contributed by atoms with E-state index in [1.807, 2.05) is 0 Å². The van der Waals surface area contributed by atoms with Crippen LogP contribution in [0.2, 0.25) is 0 Å². The molecule has 4 heteroatoms. The zero-order valence-corrected chi connectivity index (χ0v) is 12.3. The molecule has 20 heavy (non-hydrogen) atoms. The van der Waals surface area contributed by atoms with Crippen molar-refractivity contribution >= 4 is 5.97 Å². The number of carboxylic acid groups (broad SMARTS) is 1. The zero-order chi connectivity index (χ0) is 14.8. The van der Waals surface area contributed by atoms with Gasteiger partial charge in [-0.05, 0) is 55.3 Å². The summed E-state index contributed by atoms with van der Waals surface area (Å²) < 4.78 is 26.9. The van der Waals surface area contributed by atoms with Gasteiger partial charge < -0.3 is 5.11 Å². The summed E-state index contributed by atoms with van der Waals surface area (Å²) in [6.45, 7) is 4.45. The maximum Gasteiger partial charge on any atom is 0.309 e. The summed E-state index contributed by atoms with van der Waals surface area (Å²) in [5.41, 5.74) is -0.694. The summed E-state index contributed by atoms with van der Waals surface area (Å²) in [7, 11) is 0. The van der Waals surface area contributed by atoms with E-state index >= 15 is 0 Å². The maximum absolute atomic E-state index is 13.4. The Labute approximate surface area is 118 Å². The lowest BCUT2D eigenvalue weighted by Crippen LogP contribution is -2.59. The Morgan fingerprint density at radius 3 is 2.10 bits per heavy atom. The number of aliphatic carboxylic acids is 1. The number of hydrogen-bond acceptors (Lipinski definition) is 1. The van der Waals surface area contributed by atoms with Crippen LogP contribution >= 0.6 is 0 Å². The van der Waals surface area contributed by atoms with Crippen LogP contribution in [0.4, 0.5) is 8.78 Å². The standard InChI is InChI=1S/C16H24F2O2/c1-14(2)10-3-4-11(12(14)9-10)15(13(19)20)5-7-16(17,18)8-6-15/h10-12H,3-9H2,1-2H3,(H,19,20)/t10-,11?,12-/m0/s1. The monoisotopic (exact) mass is 286 g/mol. The number of carbonyl (C=O) groups is 1. The summed E-state index contributed by atoms with van der Waals surface area (Å²) in [6, 6.07) is 0. The fraction of sp³-hybridized carbons (Fsp3) is 0.938. The minimum absolute atomic E-state index is 0.0936. The van der Waals surface area contributed by atoms with Gasteiger partial charge in [-0.3, -0.25) is 4.79 Å². The minimum atomic E-state index is -2.66. The molecule has 0 aliphatic heterocycles. The van der Waals surface area contributed by atoms with Gasteiger partial charge in [0.25, 0.3) is 0 Å². The van der Waals surface area contributed by atoms with Crippen LogP contribution in [0.15, 0.2) is 0 Å². The topological polar surface area (TPSA) is 37.3 Å². The maximum atomic E-state index is 13.4. The van der Waals surface area contributed by atoms with Crippen molar-refractivity contribution in [2.24, 2.45) is 28.6 Å². The Bertz CT molecular complexity index is 418. The first kappa shape index (κ1) is 14.3. The van der Waals surface area contributed by atoms with Crippen LogP contribution in [0, 0.1) is 28.6 Å². The van der Waals surface area contributed by atoms with Gasteiger partial charge in [0.1, 0.15) is 0 Å². The van der Waals surface area contributed by atoms with Gasteiger partial charge in [0.2, 0.25) is 5.92 Å². The van der Waals surface area contributed by atoms with Gasteiger partial charge in [0.15, 0.2) is 0 Å². The number of rotatable bonds is 2. The molecule has 1 unspecified atom stereocenters. The molecule has 4 aliphatic carbocycles. The number of fused-ring (bicyclic) bond motifs is 2. The highest BCUT2D eigenvalue weighted by Gasteiger charge is 2.62. The van der Waals surface area contributed by atoms with Crippen LogP contribution in [0.3, 0.4) is 0 Å². The van der Waals surface area contributed by atoms with E-state index in [-0.39, 0.29) is 37.0 Å². The lowest BCUT2D eigenvalue weighted by Gasteiger charge is -2.63. The summed E-state index contributed by atoms with van der Waals surface area (Å²) in [6.07, 6.45) is 2.87. The first-order chi connectivity index (χ1) is 9.19. The Morgan fingerprint density at radius 2 is 1.65 bits per heavy atom.